The molecule has 68 heavy (non-hydrogen) atoms. The molecule has 0 spiro atoms. The number of aliphatic hydroxyl groups is 5. The van der Waals surface area contributed by atoms with E-state index in [0.29, 0.717) is 19.4 Å². The summed E-state index contributed by atoms with van der Waals surface area (Å²) < 4.78 is 16.7. The molecule has 0 saturated carbocycles. The maximum atomic E-state index is 13.0. The highest BCUT2D eigenvalue weighted by atomic mass is 16.7. The number of amides is 1. The number of carbonyl (C=O) groups is 2. The molecule has 0 aliphatic carbocycles. The van der Waals surface area contributed by atoms with E-state index in [0.717, 1.165) is 77.0 Å². The molecule has 1 heterocycles. The van der Waals surface area contributed by atoms with Gasteiger partial charge >= 0.3 is 5.97 Å². The summed E-state index contributed by atoms with van der Waals surface area (Å²) in [5.74, 6) is -0.226. The van der Waals surface area contributed by atoms with E-state index in [-0.39, 0.29) is 18.5 Å². The number of hydrogen-bond donors (Lipinski definition) is 6. The van der Waals surface area contributed by atoms with E-state index in [2.05, 4.69) is 43.5 Å². The Kier molecular flexibility index (Phi) is 44.4. The Labute approximate surface area is 415 Å². The minimum atomic E-state index is -1.57. The molecule has 1 saturated heterocycles. The number of unbranched alkanes of at least 4 members (excludes halogenated alkanes) is 30. The topological polar surface area (TPSA) is 175 Å². The van der Waals surface area contributed by atoms with Gasteiger partial charge in [-0.3, -0.25) is 9.59 Å². The Morgan fingerprint density at radius 1 is 0.544 bits per heavy atom. The van der Waals surface area contributed by atoms with Crippen LogP contribution < -0.4 is 5.32 Å². The van der Waals surface area contributed by atoms with Gasteiger partial charge in [0.2, 0.25) is 5.91 Å². The average molecular weight is 964 g/mol. The first-order chi connectivity index (χ1) is 33.2. The summed E-state index contributed by atoms with van der Waals surface area (Å²) in [5, 5.41) is 54.1. The largest absolute Gasteiger partial charge is 0.466 e. The van der Waals surface area contributed by atoms with E-state index >= 15 is 0 Å². The van der Waals surface area contributed by atoms with Gasteiger partial charge in [-0.1, -0.05) is 211 Å². The van der Waals surface area contributed by atoms with Crippen LogP contribution in [0, 0.1) is 0 Å². The molecule has 1 rings (SSSR count). The predicted octanol–water partition coefficient (Wildman–Crippen LogP) is 12.3. The third-order valence-electron chi connectivity index (χ3n) is 13.2. The molecule has 11 heteroatoms. The predicted molar refractivity (Wildman–Crippen MR) is 278 cm³/mol. The zero-order valence-electron chi connectivity index (χ0n) is 43.6. The van der Waals surface area contributed by atoms with Crippen LogP contribution in [0.25, 0.3) is 0 Å². The van der Waals surface area contributed by atoms with Gasteiger partial charge in [-0.2, -0.15) is 0 Å². The number of ether oxygens (including phenoxy) is 3. The van der Waals surface area contributed by atoms with E-state index < -0.39 is 49.5 Å². The van der Waals surface area contributed by atoms with Crippen molar-refractivity contribution in [3.63, 3.8) is 0 Å². The SMILES string of the molecule is CCCCC/C=C\C/C=C\CCCCCCCCCC(=O)OCCCCCCCCCCCCCCCCC(=O)NC(COC1OC(CO)C(O)C(O)C1O)C(O)/C=C/CCCCCCCCC. The van der Waals surface area contributed by atoms with Crippen LogP contribution in [0.5, 0.6) is 0 Å². The summed E-state index contributed by atoms with van der Waals surface area (Å²) >= 11 is 0. The number of nitrogens with one attached hydrogen (secondary N) is 1. The molecule has 0 aromatic rings. The zero-order chi connectivity index (χ0) is 49.6. The second-order valence-electron chi connectivity index (χ2n) is 19.6. The summed E-state index contributed by atoms with van der Waals surface area (Å²) in [5.41, 5.74) is 0. The molecule has 0 radical (unpaired) electrons. The first-order valence-corrected chi connectivity index (χ1v) is 28.3. The third-order valence-corrected chi connectivity index (χ3v) is 13.2. The van der Waals surface area contributed by atoms with Crippen LogP contribution in [-0.4, -0.2) is 100 Å². The molecule has 1 aliphatic heterocycles. The molecule has 11 nitrogen and oxygen atoms in total. The lowest BCUT2D eigenvalue weighted by Gasteiger charge is -2.40. The third kappa shape index (κ3) is 36.8. The van der Waals surface area contributed by atoms with Crippen LogP contribution in [0.4, 0.5) is 0 Å². The molecule has 0 aromatic heterocycles. The minimum Gasteiger partial charge on any atom is -0.466 e. The van der Waals surface area contributed by atoms with Crippen molar-refractivity contribution in [1.29, 1.82) is 0 Å². The number of allylic oxidation sites excluding steroid dienone is 5. The van der Waals surface area contributed by atoms with Gasteiger partial charge in [0.05, 0.1) is 32.0 Å². The fourth-order valence-corrected chi connectivity index (χ4v) is 8.70. The van der Waals surface area contributed by atoms with Crippen LogP contribution in [0.2, 0.25) is 0 Å². The van der Waals surface area contributed by atoms with E-state index in [1.807, 2.05) is 6.08 Å². The molecule has 6 N–H and O–H groups in total. The van der Waals surface area contributed by atoms with Crippen LogP contribution in [-0.2, 0) is 23.8 Å². The lowest BCUT2D eigenvalue weighted by Crippen LogP contribution is -2.60. The molecule has 0 aromatic carbocycles. The highest BCUT2D eigenvalue weighted by Gasteiger charge is 2.44. The van der Waals surface area contributed by atoms with Gasteiger partial charge in [-0.15, -0.1) is 0 Å². The van der Waals surface area contributed by atoms with Crippen molar-refractivity contribution in [2.24, 2.45) is 0 Å². The maximum Gasteiger partial charge on any atom is 0.305 e. The second-order valence-corrected chi connectivity index (χ2v) is 19.6. The van der Waals surface area contributed by atoms with Crippen molar-refractivity contribution in [3.05, 3.63) is 36.5 Å². The molecule has 1 amide bonds. The summed E-state index contributed by atoms with van der Waals surface area (Å²) in [6.45, 7) is 4.24. The van der Waals surface area contributed by atoms with Crippen LogP contribution in [0.1, 0.15) is 251 Å². The van der Waals surface area contributed by atoms with Crippen molar-refractivity contribution in [2.45, 2.75) is 294 Å². The smallest absolute Gasteiger partial charge is 0.305 e. The van der Waals surface area contributed by atoms with Crippen molar-refractivity contribution >= 4 is 11.9 Å². The Bertz CT molecular complexity index is 1230. The highest BCUT2D eigenvalue weighted by molar-refractivity contribution is 5.76. The van der Waals surface area contributed by atoms with Gasteiger partial charge in [-0.25, -0.2) is 0 Å². The number of aliphatic hydroxyl groups excluding tert-OH is 5. The Morgan fingerprint density at radius 2 is 0.985 bits per heavy atom. The summed E-state index contributed by atoms with van der Waals surface area (Å²) in [6, 6.07) is -0.817. The fraction of sp³-hybridized carbons (Fsp3) is 0.860. The summed E-state index contributed by atoms with van der Waals surface area (Å²) in [7, 11) is 0. The average Bonchev–Trinajstić information content (AvgIpc) is 3.33. The van der Waals surface area contributed by atoms with Gasteiger partial charge in [0.15, 0.2) is 6.29 Å². The fourth-order valence-electron chi connectivity index (χ4n) is 8.70. The second kappa shape index (κ2) is 47.2. The van der Waals surface area contributed by atoms with E-state index in [1.54, 1.807) is 6.08 Å². The van der Waals surface area contributed by atoms with Crippen molar-refractivity contribution < 1.29 is 49.3 Å². The minimum absolute atomic E-state index is 0.0311. The highest BCUT2D eigenvalue weighted by Crippen LogP contribution is 2.23. The van der Waals surface area contributed by atoms with Gasteiger partial charge in [-0.05, 0) is 64.2 Å². The number of esters is 1. The van der Waals surface area contributed by atoms with Crippen molar-refractivity contribution in [2.75, 3.05) is 19.8 Å². The summed E-state index contributed by atoms with van der Waals surface area (Å²) in [4.78, 5) is 25.1. The molecule has 0 bridgehead atoms. The molecular weight excluding hydrogens is 859 g/mol. The van der Waals surface area contributed by atoms with Crippen LogP contribution in [0.3, 0.4) is 0 Å². The lowest BCUT2D eigenvalue weighted by molar-refractivity contribution is -0.302. The normalized spacial score (nSPS) is 19.7. The number of hydrogen-bond acceptors (Lipinski definition) is 10. The Balaban J connectivity index is 2.06. The number of rotatable bonds is 48. The molecule has 1 aliphatic rings. The van der Waals surface area contributed by atoms with Crippen LogP contribution in [0.15, 0.2) is 36.5 Å². The molecule has 1 fully saturated rings. The maximum absolute atomic E-state index is 13.0. The summed E-state index contributed by atoms with van der Waals surface area (Å²) in [6.07, 6.45) is 46.6. The molecule has 7 unspecified atom stereocenters. The van der Waals surface area contributed by atoms with Crippen LogP contribution >= 0.6 is 0 Å². The molecule has 398 valence electrons. The Hall–Kier alpha value is -2.12. The Morgan fingerprint density at radius 3 is 1.51 bits per heavy atom. The first kappa shape index (κ1) is 63.9. The zero-order valence-corrected chi connectivity index (χ0v) is 43.6. The van der Waals surface area contributed by atoms with Crippen molar-refractivity contribution in [3.8, 4) is 0 Å². The monoisotopic (exact) mass is 964 g/mol. The van der Waals surface area contributed by atoms with E-state index in [1.165, 1.54) is 148 Å². The van der Waals surface area contributed by atoms with Gasteiger partial charge in [0.25, 0.3) is 0 Å². The first-order valence-electron chi connectivity index (χ1n) is 28.3. The van der Waals surface area contributed by atoms with E-state index in [4.69, 9.17) is 14.2 Å². The van der Waals surface area contributed by atoms with Gasteiger partial charge in [0.1, 0.15) is 24.4 Å². The number of carbonyl (C=O) groups excluding carboxylic acids is 2. The van der Waals surface area contributed by atoms with E-state index in [9.17, 15) is 35.1 Å². The van der Waals surface area contributed by atoms with Crippen molar-refractivity contribution in [1.82, 2.24) is 5.32 Å². The lowest BCUT2D eigenvalue weighted by atomic mass is 9.99. The standard InChI is InChI=1S/C57H105NO10/c1-3-5-7-9-11-13-14-15-16-17-18-22-25-29-33-37-41-45-53(62)66-46-42-38-34-30-26-23-20-19-21-24-28-32-36-40-44-52(61)58-49(50(60)43-39-35-31-27-12-10-8-6-4-2)48-67-57-56(65)55(64)54(63)51(47-59)68-57/h11,13,15-16,39,43,49-51,54-57,59-60,63-65H,3-10,12,14,17-38,40-42,44-48H2,1-2H3,(H,58,61)/b13-11-,16-15-,43-39+. The quantitative estimate of drug-likeness (QED) is 0.0196. The van der Waals surface area contributed by atoms with Gasteiger partial charge < -0.3 is 45.1 Å². The molecular formula is C57H105NO10. The van der Waals surface area contributed by atoms with Gasteiger partial charge in [0, 0.05) is 12.8 Å². The molecule has 7 atom stereocenters.